The topological polar surface area (TPSA) is 355 Å². The Kier molecular flexibility index (Phi) is 26.9. The summed E-state index contributed by atoms with van der Waals surface area (Å²) in [6.07, 6.45) is 5.25. The van der Waals surface area contributed by atoms with Gasteiger partial charge in [-0.1, -0.05) is 115 Å². The molecule has 1 fully saturated rings. The van der Waals surface area contributed by atoms with Crippen LogP contribution in [0.25, 0.3) is 0 Å². The molecule has 1 saturated heterocycles. The number of pyridine rings is 1. The first kappa shape index (κ1) is 67.5. The number of nitrogens with one attached hydrogen (secondary N) is 8. The number of thioether (sulfide) groups is 1. The average molecular weight is 1200 g/mol. The fraction of sp³-hybridized carbons (Fsp3) is 0.492. The molecule has 11 N–H and O–H groups in total. The van der Waals surface area contributed by atoms with Crippen molar-refractivity contribution in [3.8, 4) is 5.75 Å². The Morgan fingerprint density at radius 3 is 1.86 bits per heavy atom. The number of hydrogen-bond acceptors (Lipinski definition) is 15. The van der Waals surface area contributed by atoms with E-state index in [1.807, 2.05) is 26.8 Å². The van der Waals surface area contributed by atoms with E-state index in [9.17, 15) is 57.4 Å². The molecule has 26 heteroatoms. The number of aliphatic carboxylic acids is 1. The van der Waals surface area contributed by atoms with Gasteiger partial charge < -0.3 is 57.8 Å². The van der Waals surface area contributed by atoms with Gasteiger partial charge in [-0.3, -0.25) is 48.1 Å². The summed E-state index contributed by atoms with van der Waals surface area (Å²) in [5.74, 6) is -10.00. The molecule has 1 aliphatic heterocycles. The molecule has 10 atom stereocenters. The first-order valence-electron chi connectivity index (χ1n) is 28.4. The third-order valence-corrected chi connectivity index (χ3v) is 15.6. The highest BCUT2D eigenvalue weighted by Crippen LogP contribution is 2.26. The Balaban J connectivity index is 1.21. The highest BCUT2D eigenvalue weighted by atomic mass is 32.2. The van der Waals surface area contributed by atoms with E-state index in [0.717, 1.165) is 22.2 Å². The van der Waals surface area contributed by atoms with Crippen molar-refractivity contribution in [3.63, 3.8) is 0 Å². The normalized spacial score (nSPS) is 16.3. The van der Waals surface area contributed by atoms with Crippen molar-refractivity contribution in [1.29, 1.82) is 0 Å². The lowest BCUT2D eigenvalue weighted by molar-refractivity contribution is -0.141. The standard InChI is InChI=1S/C59H79FN12O12S/c1-7-35(5)49(71-57(80)50(36(6)8-2)70-55(78)41(25-34(3)4)68-54(77)43(27-38-19-13-10-14-20-38)67-52(75)40(61)28-39-30-62-33-65-39)56(79)64-31-47(73)66-42(26-37-17-11-9-12-18-37)53(76)69-44(59(82)83)32-85-46-29-48(74)72(58(46)81)23-16-24-84-45-21-15-22-63-51(45)60/h9-15,17-22,30,33-36,40-44,46,49-50H,7-8,16,23-29,31-32,61H2,1-6H3,(H,62,65)(H,64,79)(H,66,73)(H,67,75)(H,68,77)(H,69,76)(H,70,78)(H,71,80)(H,82,83)/t35-,36-,40-,41-,42-,43-,44-,46?,49-,50-/m0/s1/i60-1. The van der Waals surface area contributed by atoms with Gasteiger partial charge in [0.15, 0.2) is 5.75 Å². The van der Waals surface area contributed by atoms with Crippen LogP contribution in [0, 0.1) is 23.7 Å². The number of aromatic nitrogens is 3. The molecule has 4 aromatic rings. The van der Waals surface area contributed by atoms with Crippen LogP contribution in [0.2, 0.25) is 0 Å². The van der Waals surface area contributed by atoms with Gasteiger partial charge in [-0.25, -0.2) is 14.8 Å². The SMILES string of the molecule is CC[C@H](C)[C@H](NC(=O)[C@H](CC(C)C)NC(=O)[C@H](Cc1ccccc1)NC(=O)[C@@H](N)Cc1cnc[nH]1)C(=O)N[C@H](C(=O)NCC(=O)N[C@@H](Cc1ccccc1)C(=O)N[C@@H](CSC1CC(=O)N(CCCOc2cccnc2[18F])C1=O)C(=O)O)[C@@H](C)CC. The molecular weight excluding hydrogens is 1120 g/mol. The molecule has 85 heavy (non-hydrogen) atoms. The van der Waals surface area contributed by atoms with Crippen LogP contribution in [-0.2, 0) is 67.2 Å². The van der Waals surface area contributed by atoms with Gasteiger partial charge in [0.1, 0.15) is 36.3 Å². The second-order valence-corrected chi connectivity index (χ2v) is 22.6. The van der Waals surface area contributed by atoms with Gasteiger partial charge in [-0.2, -0.15) is 4.39 Å². The van der Waals surface area contributed by atoms with Gasteiger partial charge in [-0.15, -0.1) is 11.8 Å². The number of imidazole rings is 1. The summed E-state index contributed by atoms with van der Waals surface area (Å²) in [5.41, 5.74) is 8.18. The number of benzene rings is 2. The third-order valence-electron chi connectivity index (χ3n) is 14.3. The second kappa shape index (κ2) is 33.9. The quantitative estimate of drug-likeness (QED) is 0.0179. The Morgan fingerprint density at radius 2 is 1.29 bits per heavy atom. The molecule has 2 aromatic carbocycles. The predicted molar refractivity (Wildman–Crippen MR) is 313 cm³/mol. The number of ether oxygens (including phenoxy) is 1. The summed E-state index contributed by atoms with van der Waals surface area (Å²) >= 11 is 0.869. The van der Waals surface area contributed by atoms with Gasteiger partial charge in [0.25, 0.3) is 5.95 Å². The van der Waals surface area contributed by atoms with Crippen LogP contribution < -0.4 is 47.7 Å². The van der Waals surface area contributed by atoms with E-state index in [0.29, 0.717) is 24.1 Å². The minimum atomic E-state index is -1.57. The van der Waals surface area contributed by atoms with E-state index >= 15 is 0 Å². The van der Waals surface area contributed by atoms with Crippen molar-refractivity contribution in [2.75, 3.05) is 25.4 Å². The maximum absolute atomic E-state index is 14.3. The third kappa shape index (κ3) is 21.4. The van der Waals surface area contributed by atoms with Crippen LogP contribution in [0.4, 0.5) is 4.39 Å². The number of carboxylic acid groups (broad SMARTS) is 1. The van der Waals surface area contributed by atoms with Gasteiger partial charge in [-0.05, 0) is 53.9 Å². The van der Waals surface area contributed by atoms with E-state index in [2.05, 4.69) is 52.2 Å². The van der Waals surface area contributed by atoms with E-state index in [4.69, 9.17) is 10.5 Å². The molecule has 0 radical (unpaired) electrons. The molecule has 1 aliphatic rings. The van der Waals surface area contributed by atoms with Crippen molar-refractivity contribution in [2.45, 2.75) is 140 Å². The molecule has 24 nitrogen and oxygen atoms in total. The zero-order chi connectivity index (χ0) is 62.2. The molecule has 1 unspecified atom stereocenters. The highest BCUT2D eigenvalue weighted by molar-refractivity contribution is 8.00. The zero-order valence-corrected chi connectivity index (χ0v) is 49.5. The van der Waals surface area contributed by atoms with Gasteiger partial charge in [0.05, 0.1) is 30.8 Å². The van der Waals surface area contributed by atoms with E-state index < -0.39 is 131 Å². The number of carbonyl (C=O) groups is 10. The van der Waals surface area contributed by atoms with Crippen molar-refractivity contribution < 1.29 is 62.2 Å². The summed E-state index contributed by atoms with van der Waals surface area (Å²) in [7, 11) is 0. The summed E-state index contributed by atoms with van der Waals surface area (Å²) in [4.78, 5) is 148. The number of likely N-dealkylation sites (tertiary alicyclic amines) is 1. The fourth-order valence-corrected chi connectivity index (χ4v) is 10.3. The van der Waals surface area contributed by atoms with Crippen LogP contribution in [0.15, 0.2) is 91.5 Å². The molecule has 0 saturated carbocycles. The highest BCUT2D eigenvalue weighted by Gasteiger charge is 2.40. The number of amides is 9. The van der Waals surface area contributed by atoms with Gasteiger partial charge >= 0.3 is 5.97 Å². The first-order valence-corrected chi connectivity index (χ1v) is 29.4. The fourth-order valence-electron chi connectivity index (χ4n) is 9.08. The van der Waals surface area contributed by atoms with Crippen LogP contribution in [0.5, 0.6) is 5.75 Å². The van der Waals surface area contributed by atoms with Crippen molar-refractivity contribution in [3.05, 3.63) is 114 Å². The van der Waals surface area contributed by atoms with E-state index in [-0.39, 0.29) is 69.1 Å². The van der Waals surface area contributed by atoms with Crippen molar-refractivity contribution >= 4 is 70.9 Å². The number of rotatable bonds is 35. The Hall–Kier alpha value is -8.26. The number of imide groups is 1. The van der Waals surface area contributed by atoms with Crippen LogP contribution in [0.3, 0.4) is 0 Å². The number of nitrogens with zero attached hydrogens (tertiary/aromatic N) is 3. The number of hydrogen-bond donors (Lipinski definition) is 10. The summed E-state index contributed by atoms with van der Waals surface area (Å²) in [6.45, 7) is 10.0. The summed E-state index contributed by atoms with van der Waals surface area (Å²) in [6, 6.07) is 11.6. The smallest absolute Gasteiger partial charge is 0.327 e. The molecular formula is C59H79FN12O12S. The lowest BCUT2D eigenvalue weighted by atomic mass is 9.94. The maximum atomic E-state index is 14.3. The maximum Gasteiger partial charge on any atom is 0.327 e. The Morgan fingerprint density at radius 1 is 0.729 bits per heavy atom. The van der Waals surface area contributed by atoms with Crippen LogP contribution >= 0.6 is 11.8 Å². The number of H-pyrrole nitrogens is 1. The van der Waals surface area contributed by atoms with E-state index in [1.165, 1.54) is 30.9 Å². The minimum absolute atomic E-state index is 0.0169. The Bertz CT molecular complexity index is 2890. The van der Waals surface area contributed by atoms with Crippen molar-refractivity contribution in [1.82, 2.24) is 57.1 Å². The summed E-state index contributed by atoms with van der Waals surface area (Å²) < 4.78 is 19.2. The molecule has 5 rings (SSSR count). The van der Waals surface area contributed by atoms with Gasteiger partial charge in [0, 0.05) is 56.1 Å². The van der Waals surface area contributed by atoms with Gasteiger partial charge in [0.2, 0.25) is 53.2 Å². The second-order valence-electron chi connectivity index (χ2n) is 21.4. The number of nitrogens with two attached hydrogens (primary N) is 1. The largest absolute Gasteiger partial charge is 0.489 e. The number of carboxylic acids is 1. The average Bonchev–Trinajstić information content (AvgIpc) is 4.16. The molecule has 9 amide bonds. The van der Waals surface area contributed by atoms with Crippen LogP contribution in [0.1, 0.15) is 90.5 Å². The number of carbonyl (C=O) groups excluding carboxylic acids is 9. The molecule has 0 bridgehead atoms. The van der Waals surface area contributed by atoms with E-state index in [1.54, 1.807) is 75.4 Å². The zero-order valence-electron chi connectivity index (χ0n) is 48.6. The Labute approximate surface area is 497 Å². The molecule has 0 aliphatic carbocycles. The number of halogens is 1. The molecule has 3 heterocycles. The lowest BCUT2D eigenvalue weighted by Gasteiger charge is -2.30. The first-order chi connectivity index (χ1) is 40.6. The predicted octanol–water partition coefficient (Wildman–Crippen LogP) is 1.88. The molecule has 2 aromatic heterocycles. The van der Waals surface area contributed by atoms with Crippen molar-refractivity contribution in [2.24, 2.45) is 23.5 Å². The molecule has 460 valence electrons. The summed E-state index contributed by atoms with van der Waals surface area (Å²) in [5, 5.41) is 28.0. The van der Waals surface area contributed by atoms with Crippen LogP contribution in [-0.4, -0.2) is 157 Å². The monoisotopic (exact) mass is 1200 g/mol. The lowest BCUT2D eigenvalue weighted by Crippen LogP contribution is -2.61. The number of aromatic amines is 1. The minimum Gasteiger partial charge on any atom is -0.489 e. The molecule has 0 spiro atoms.